The second-order valence-corrected chi connectivity index (χ2v) is 7.24. The van der Waals surface area contributed by atoms with Crippen molar-refractivity contribution in [2.24, 2.45) is 0 Å². The van der Waals surface area contributed by atoms with Crippen LogP contribution >= 0.6 is 11.6 Å². The predicted molar refractivity (Wildman–Crippen MR) is 105 cm³/mol. The van der Waals surface area contributed by atoms with Gasteiger partial charge in [0.05, 0.1) is 0 Å². The molecule has 1 fully saturated rings. The Hall–Kier alpha value is -2.00. The van der Waals surface area contributed by atoms with Crippen molar-refractivity contribution < 1.29 is 4.79 Å². The molecule has 1 aliphatic rings. The van der Waals surface area contributed by atoms with Crippen LogP contribution in [-0.4, -0.2) is 30.9 Å². The number of carbonyl (C=O) groups excluding carboxylic acids is 1. The highest BCUT2D eigenvalue weighted by Crippen LogP contribution is 2.35. The van der Waals surface area contributed by atoms with Crippen molar-refractivity contribution in [3.05, 3.63) is 64.7 Å². The summed E-state index contributed by atoms with van der Waals surface area (Å²) in [5.41, 5.74) is 3.26. The van der Waals surface area contributed by atoms with Crippen LogP contribution in [0, 0.1) is 0 Å². The quantitative estimate of drug-likeness (QED) is 0.818. The third-order valence-electron chi connectivity index (χ3n) is 5.33. The van der Waals surface area contributed by atoms with Gasteiger partial charge in [-0.25, -0.2) is 0 Å². The molecular formula is C21H25ClN2O. The van der Waals surface area contributed by atoms with Gasteiger partial charge in [0, 0.05) is 36.4 Å². The zero-order chi connectivity index (χ0) is 17.8. The van der Waals surface area contributed by atoms with Crippen molar-refractivity contribution in [2.75, 3.05) is 19.4 Å². The van der Waals surface area contributed by atoms with Gasteiger partial charge in [-0.3, -0.25) is 4.79 Å². The van der Waals surface area contributed by atoms with E-state index in [1.54, 1.807) is 24.3 Å². The van der Waals surface area contributed by atoms with Gasteiger partial charge in [-0.15, -0.1) is 0 Å². The summed E-state index contributed by atoms with van der Waals surface area (Å²) in [4.78, 5) is 14.6. The zero-order valence-corrected chi connectivity index (χ0v) is 15.6. The second-order valence-electron chi connectivity index (χ2n) is 6.80. The topological polar surface area (TPSA) is 32.3 Å². The van der Waals surface area contributed by atoms with Crippen molar-refractivity contribution in [3.8, 4) is 0 Å². The van der Waals surface area contributed by atoms with Crippen molar-refractivity contribution in [1.82, 2.24) is 4.90 Å². The molecule has 1 amide bonds. The van der Waals surface area contributed by atoms with Gasteiger partial charge in [-0.05, 0) is 73.6 Å². The van der Waals surface area contributed by atoms with Crippen LogP contribution in [-0.2, 0) is 0 Å². The average Bonchev–Trinajstić information content (AvgIpc) is 2.67. The lowest BCUT2D eigenvalue weighted by Crippen LogP contribution is -2.39. The molecule has 0 atom stereocenters. The van der Waals surface area contributed by atoms with Crippen LogP contribution in [0.2, 0.25) is 5.02 Å². The van der Waals surface area contributed by atoms with E-state index in [0.29, 0.717) is 22.5 Å². The number of benzene rings is 2. The molecule has 1 N–H and O–H groups in total. The van der Waals surface area contributed by atoms with E-state index in [1.807, 2.05) is 19.0 Å². The Balaban J connectivity index is 1.59. The maximum absolute atomic E-state index is 12.7. The number of halogens is 1. The van der Waals surface area contributed by atoms with Crippen molar-refractivity contribution >= 4 is 23.2 Å². The Morgan fingerprint density at radius 1 is 1.00 bits per heavy atom. The highest BCUT2D eigenvalue weighted by molar-refractivity contribution is 6.30. The summed E-state index contributed by atoms with van der Waals surface area (Å²) < 4.78 is 0. The first-order valence-corrected chi connectivity index (χ1v) is 9.26. The van der Waals surface area contributed by atoms with E-state index in [2.05, 4.69) is 29.6 Å². The Bertz CT molecular complexity index is 704. The standard InChI is InChI=1S/C21H25ClN2O/c1-23-19-11-5-15(6-12-19)16-7-13-20(14-8-16)24(2)21(25)17-3-9-18(22)10-4-17/h3-6,9-12,16,20,23H,7-8,13-14H2,1-2H3. The molecule has 132 valence electrons. The molecule has 1 aliphatic carbocycles. The number of amides is 1. The number of anilines is 1. The number of nitrogens with zero attached hydrogens (tertiary/aromatic N) is 1. The molecule has 0 saturated heterocycles. The zero-order valence-electron chi connectivity index (χ0n) is 14.8. The fraction of sp³-hybridized carbons (Fsp3) is 0.381. The van der Waals surface area contributed by atoms with E-state index in [4.69, 9.17) is 11.6 Å². The molecule has 0 aliphatic heterocycles. The van der Waals surface area contributed by atoms with Gasteiger partial charge < -0.3 is 10.2 Å². The van der Waals surface area contributed by atoms with Crippen molar-refractivity contribution in [2.45, 2.75) is 37.6 Å². The minimum atomic E-state index is 0.0819. The molecule has 0 unspecified atom stereocenters. The van der Waals surface area contributed by atoms with E-state index in [1.165, 1.54) is 5.56 Å². The molecule has 0 aromatic heterocycles. The lowest BCUT2D eigenvalue weighted by molar-refractivity contribution is 0.0689. The van der Waals surface area contributed by atoms with Gasteiger partial charge in [0.15, 0.2) is 0 Å². The summed E-state index contributed by atoms with van der Waals surface area (Å²) >= 11 is 5.91. The monoisotopic (exact) mass is 356 g/mol. The third-order valence-corrected chi connectivity index (χ3v) is 5.58. The van der Waals surface area contributed by atoms with Crippen LogP contribution in [0.5, 0.6) is 0 Å². The average molecular weight is 357 g/mol. The first-order chi connectivity index (χ1) is 12.1. The van der Waals surface area contributed by atoms with Gasteiger partial charge in [0.2, 0.25) is 0 Å². The molecule has 0 radical (unpaired) electrons. The summed E-state index contributed by atoms with van der Waals surface area (Å²) in [7, 11) is 3.86. The van der Waals surface area contributed by atoms with Gasteiger partial charge in [-0.2, -0.15) is 0 Å². The summed E-state index contributed by atoms with van der Waals surface area (Å²) in [6.07, 6.45) is 4.35. The van der Waals surface area contributed by atoms with E-state index in [9.17, 15) is 4.79 Å². The smallest absolute Gasteiger partial charge is 0.253 e. The van der Waals surface area contributed by atoms with Crippen LogP contribution in [0.25, 0.3) is 0 Å². The number of rotatable bonds is 4. The largest absolute Gasteiger partial charge is 0.388 e. The first-order valence-electron chi connectivity index (χ1n) is 8.89. The SMILES string of the molecule is CNc1ccc(C2CCC(N(C)C(=O)c3ccc(Cl)cc3)CC2)cc1. The Kier molecular flexibility index (Phi) is 5.64. The molecule has 2 aromatic carbocycles. The Morgan fingerprint density at radius 3 is 2.16 bits per heavy atom. The first kappa shape index (κ1) is 17.8. The van der Waals surface area contributed by atoms with Gasteiger partial charge in [0.1, 0.15) is 0 Å². The summed E-state index contributed by atoms with van der Waals surface area (Å²) in [5, 5.41) is 3.81. The molecule has 3 rings (SSSR count). The van der Waals surface area contributed by atoms with E-state index >= 15 is 0 Å². The van der Waals surface area contributed by atoms with Crippen molar-refractivity contribution in [1.29, 1.82) is 0 Å². The minimum Gasteiger partial charge on any atom is -0.388 e. The summed E-state index contributed by atoms with van der Waals surface area (Å²) in [6, 6.07) is 16.2. The molecule has 3 nitrogen and oxygen atoms in total. The van der Waals surface area contributed by atoms with E-state index in [-0.39, 0.29) is 5.91 Å². The molecule has 2 aromatic rings. The van der Waals surface area contributed by atoms with Crippen LogP contribution in [0.3, 0.4) is 0 Å². The number of hydrogen-bond acceptors (Lipinski definition) is 2. The molecule has 0 heterocycles. The lowest BCUT2D eigenvalue weighted by Gasteiger charge is -2.35. The Morgan fingerprint density at radius 2 is 1.60 bits per heavy atom. The van der Waals surface area contributed by atoms with Crippen LogP contribution in [0.1, 0.15) is 47.5 Å². The predicted octanol–water partition coefficient (Wildman–Crippen LogP) is 5.18. The van der Waals surface area contributed by atoms with Gasteiger partial charge in [0.25, 0.3) is 5.91 Å². The van der Waals surface area contributed by atoms with Crippen LogP contribution in [0.4, 0.5) is 5.69 Å². The summed E-state index contributed by atoms with van der Waals surface area (Å²) in [5.74, 6) is 0.680. The molecule has 0 spiro atoms. The maximum atomic E-state index is 12.7. The molecular weight excluding hydrogens is 332 g/mol. The van der Waals surface area contributed by atoms with Crippen LogP contribution < -0.4 is 5.32 Å². The molecule has 4 heteroatoms. The van der Waals surface area contributed by atoms with Crippen molar-refractivity contribution in [3.63, 3.8) is 0 Å². The number of nitrogens with one attached hydrogen (secondary N) is 1. The Labute approximate surface area is 155 Å². The second kappa shape index (κ2) is 7.92. The highest BCUT2D eigenvalue weighted by Gasteiger charge is 2.27. The maximum Gasteiger partial charge on any atom is 0.253 e. The number of hydrogen-bond donors (Lipinski definition) is 1. The minimum absolute atomic E-state index is 0.0819. The molecule has 25 heavy (non-hydrogen) atoms. The molecule has 1 saturated carbocycles. The fourth-order valence-corrected chi connectivity index (χ4v) is 3.81. The van der Waals surface area contributed by atoms with Crippen LogP contribution in [0.15, 0.2) is 48.5 Å². The third kappa shape index (κ3) is 4.16. The normalized spacial score (nSPS) is 20.1. The highest BCUT2D eigenvalue weighted by atomic mass is 35.5. The summed E-state index contributed by atoms with van der Waals surface area (Å²) in [6.45, 7) is 0. The molecule has 0 bridgehead atoms. The lowest BCUT2D eigenvalue weighted by atomic mass is 9.81. The number of carbonyl (C=O) groups is 1. The van der Waals surface area contributed by atoms with Gasteiger partial charge >= 0.3 is 0 Å². The fourth-order valence-electron chi connectivity index (χ4n) is 3.68. The van der Waals surface area contributed by atoms with Gasteiger partial charge in [-0.1, -0.05) is 23.7 Å². The van der Waals surface area contributed by atoms with E-state index < -0.39 is 0 Å². The van der Waals surface area contributed by atoms with E-state index in [0.717, 1.165) is 31.4 Å².